The second-order valence-electron chi connectivity index (χ2n) is 7.61. The van der Waals surface area contributed by atoms with Crippen LogP contribution in [-0.2, 0) is 16.1 Å². The first-order valence-electron chi connectivity index (χ1n) is 9.84. The van der Waals surface area contributed by atoms with Gasteiger partial charge in [-0.15, -0.1) is 0 Å². The number of aromatic nitrogens is 3. The third-order valence-corrected chi connectivity index (χ3v) is 4.96. The van der Waals surface area contributed by atoms with Crippen molar-refractivity contribution in [1.82, 2.24) is 19.4 Å². The van der Waals surface area contributed by atoms with Crippen LogP contribution in [0, 0.1) is 12.8 Å². The third-order valence-electron chi connectivity index (χ3n) is 4.96. The lowest BCUT2D eigenvalue weighted by Gasteiger charge is -2.24. The molecule has 1 atom stereocenters. The summed E-state index contributed by atoms with van der Waals surface area (Å²) in [6.07, 6.45) is 10.7. The predicted octanol–water partition coefficient (Wildman–Crippen LogP) is 3.67. The maximum absolute atomic E-state index is 12.3. The smallest absolute Gasteiger partial charge is 0.222 e. The van der Waals surface area contributed by atoms with Gasteiger partial charge in [-0.3, -0.25) is 14.6 Å². The Morgan fingerprint density at radius 3 is 2.70 bits per heavy atom. The van der Waals surface area contributed by atoms with E-state index in [1.165, 1.54) is 0 Å². The van der Waals surface area contributed by atoms with E-state index in [-0.39, 0.29) is 5.91 Å². The summed E-state index contributed by atoms with van der Waals surface area (Å²) < 4.78 is 2.23. The van der Waals surface area contributed by atoms with Crippen LogP contribution in [0.5, 0.6) is 0 Å². The van der Waals surface area contributed by atoms with Crippen molar-refractivity contribution in [1.29, 1.82) is 0 Å². The van der Waals surface area contributed by atoms with E-state index >= 15 is 0 Å². The SMILES string of the molecule is Cc1nc2cnccc2n1CCCCCCC(=O)N(C)[C@H]([C]=O)CC(C)C. The number of fused-ring (bicyclic) bond motifs is 1. The molecule has 6 nitrogen and oxygen atoms in total. The summed E-state index contributed by atoms with van der Waals surface area (Å²) in [5, 5.41) is 0. The average Bonchev–Trinajstić information content (AvgIpc) is 2.96. The minimum Gasteiger partial charge on any atom is -0.335 e. The first kappa shape index (κ1) is 21.1. The first-order valence-corrected chi connectivity index (χ1v) is 9.84. The highest BCUT2D eigenvalue weighted by Gasteiger charge is 2.20. The summed E-state index contributed by atoms with van der Waals surface area (Å²) >= 11 is 0. The number of nitrogens with zero attached hydrogens (tertiary/aromatic N) is 4. The van der Waals surface area contributed by atoms with Crippen molar-refractivity contribution in [3.05, 3.63) is 24.3 Å². The van der Waals surface area contributed by atoms with E-state index in [9.17, 15) is 9.59 Å². The van der Waals surface area contributed by atoms with Crippen molar-refractivity contribution in [3.8, 4) is 0 Å². The van der Waals surface area contributed by atoms with Gasteiger partial charge in [0.15, 0.2) is 0 Å². The van der Waals surface area contributed by atoms with Gasteiger partial charge in [-0.25, -0.2) is 4.98 Å². The molecule has 0 spiro atoms. The van der Waals surface area contributed by atoms with Gasteiger partial charge in [0.25, 0.3) is 0 Å². The molecule has 0 saturated carbocycles. The van der Waals surface area contributed by atoms with Crippen molar-refractivity contribution < 1.29 is 9.59 Å². The van der Waals surface area contributed by atoms with Gasteiger partial charge in [-0.2, -0.15) is 0 Å². The normalized spacial score (nSPS) is 12.5. The Bertz CT molecular complexity index is 754. The topological polar surface area (TPSA) is 68.1 Å². The Morgan fingerprint density at radius 1 is 1.26 bits per heavy atom. The van der Waals surface area contributed by atoms with E-state index in [4.69, 9.17) is 0 Å². The van der Waals surface area contributed by atoms with Crippen LogP contribution in [0.3, 0.4) is 0 Å². The number of pyridine rings is 1. The standard InChI is InChI=1S/C21H31N4O2/c1-16(2)13-18(15-26)24(4)21(27)9-7-5-6-8-12-25-17(3)23-19-14-22-11-10-20(19)25/h10-11,14,16,18H,5-9,12-13H2,1-4H3/t18-/m0/s1. The van der Waals surface area contributed by atoms with Gasteiger partial charge in [0.1, 0.15) is 11.3 Å². The monoisotopic (exact) mass is 371 g/mol. The Morgan fingerprint density at radius 2 is 2.00 bits per heavy atom. The van der Waals surface area contributed by atoms with Crippen LogP contribution in [0.1, 0.15) is 58.2 Å². The van der Waals surface area contributed by atoms with E-state index in [0.29, 0.717) is 18.8 Å². The molecule has 0 aliphatic carbocycles. The molecule has 1 radical (unpaired) electrons. The van der Waals surface area contributed by atoms with Crippen LogP contribution in [0.15, 0.2) is 18.5 Å². The molecular formula is C21H31N4O2. The maximum atomic E-state index is 12.3. The van der Waals surface area contributed by atoms with Crippen LogP contribution in [0.2, 0.25) is 0 Å². The molecule has 0 unspecified atom stereocenters. The Kier molecular flexibility index (Phi) is 7.95. The van der Waals surface area contributed by atoms with E-state index in [1.807, 2.05) is 33.1 Å². The van der Waals surface area contributed by atoms with Gasteiger partial charge in [0.05, 0.1) is 17.8 Å². The summed E-state index contributed by atoms with van der Waals surface area (Å²) in [6, 6.07) is 1.58. The molecule has 0 aliphatic rings. The van der Waals surface area contributed by atoms with Crippen LogP contribution in [-0.4, -0.2) is 44.7 Å². The number of unbranched alkanes of at least 4 members (excludes halogenated alkanes) is 3. The van der Waals surface area contributed by atoms with Crippen LogP contribution >= 0.6 is 0 Å². The number of amides is 1. The first-order chi connectivity index (χ1) is 12.9. The lowest BCUT2D eigenvalue weighted by atomic mass is 10.0. The Balaban J connectivity index is 1.70. The molecular weight excluding hydrogens is 340 g/mol. The average molecular weight is 372 g/mol. The highest BCUT2D eigenvalue weighted by molar-refractivity contribution is 5.79. The molecule has 0 fully saturated rings. The molecule has 0 aromatic carbocycles. The number of hydrogen-bond donors (Lipinski definition) is 0. The largest absolute Gasteiger partial charge is 0.335 e. The molecule has 0 saturated heterocycles. The highest BCUT2D eigenvalue weighted by atomic mass is 16.2. The lowest BCUT2D eigenvalue weighted by molar-refractivity contribution is -0.131. The fraction of sp³-hybridized carbons (Fsp3) is 0.619. The van der Waals surface area contributed by atoms with Crippen molar-refractivity contribution in [3.63, 3.8) is 0 Å². The molecule has 2 heterocycles. The number of carbonyl (C=O) groups is 1. The summed E-state index contributed by atoms with van der Waals surface area (Å²) in [4.78, 5) is 33.6. The quantitative estimate of drug-likeness (QED) is 0.565. The van der Waals surface area contributed by atoms with E-state index in [2.05, 4.69) is 14.5 Å². The molecule has 1 amide bonds. The van der Waals surface area contributed by atoms with Crippen LogP contribution < -0.4 is 0 Å². The Labute approximate surface area is 162 Å². The summed E-state index contributed by atoms with van der Waals surface area (Å²) in [7, 11) is 1.71. The number of aryl methyl sites for hydroxylation is 2. The van der Waals surface area contributed by atoms with Gasteiger partial charge in [-0.05, 0) is 38.2 Å². The van der Waals surface area contributed by atoms with E-state index < -0.39 is 6.04 Å². The van der Waals surface area contributed by atoms with Crippen molar-refractivity contribution in [2.75, 3.05) is 7.05 Å². The third kappa shape index (κ3) is 5.88. The summed E-state index contributed by atoms with van der Waals surface area (Å²) in [5.74, 6) is 1.41. The maximum Gasteiger partial charge on any atom is 0.222 e. The van der Waals surface area contributed by atoms with E-state index in [1.54, 1.807) is 24.3 Å². The number of rotatable bonds is 11. The van der Waals surface area contributed by atoms with Gasteiger partial charge < -0.3 is 9.47 Å². The van der Waals surface area contributed by atoms with Gasteiger partial charge in [0.2, 0.25) is 12.2 Å². The zero-order valence-corrected chi connectivity index (χ0v) is 16.9. The van der Waals surface area contributed by atoms with Crippen LogP contribution in [0.4, 0.5) is 0 Å². The van der Waals surface area contributed by atoms with Gasteiger partial charge >= 0.3 is 0 Å². The molecule has 0 aliphatic heterocycles. The molecule has 0 N–H and O–H groups in total. The molecule has 2 rings (SSSR count). The van der Waals surface area contributed by atoms with E-state index in [0.717, 1.165) is 49.1 Å². The zero-order valence-electron chi connectivity index (χ0n) is 16.9. The Hall–Kier alpha value is -2.24. The minimum absolute atomic E-state index is 0.0351. The van der Waals surface area contributed by atoms with Crippen molar-refractivity contribution >= 4 is 23.2 Å². The van der Waals surface area contributed by atoms with Crippen LogP contribution in [0.25, 0.3) is 11.0 Å². The second-order valence-corrected chi connectivity index (χ2v) is 7.61. The van der Waals surface area contributed by atoms with Gasteiger partial charge in [-0.1, -0.05) is 26.7 Å². The fourth-order valence-electron chi connectivity index (χ4n) is 3.37. The molecule has 27 heavy (non-hydrogen) atoms. The molecule has 0 bridgehead atoms. The lowest BCUT2D eigenvalue weighted by Crippen LogP contribution is -2.38. The minimum atomic E-state index is -0.426. The second kappa shape index (κ2) is 10.2. The van der Waals surface area contributed by atoms with Crippen molar-refractivity contribution in [2.45, 2.75) is 71.9 Å². The summed E-state index contributed by atoms with van der Waals surface area (Å²) in [6.45, 7) is 7.04. The summed E-state index contributed by atoms with van der Waals surface area (Å²) in [5.41, 5.74) is 2.06. The molecule has 6 heteroatoms. The fourth-order valence-corrected chi connectivity index (χ4v) is 3.37. The molecule has 2 aromatic rings. The predicted molar refractivity (Wildman–Crippen MR) is 107 cm³/mol. The molecule has 147 valence electrons. The van der Waals surface area contributed by atoms with Crippen molar-refractivity contribution in [2.24, 2.45) is 5.92 Å². The number of imidazole rings is 1. The van der Waals surface area contributed by atoms with Gasteiger partial charge in [0, 0.05) is 26.2 Å². The number of hydrogen-bond acceptors (Lipinski definition) is 4. The molecule has 2 aromatic heterocycles. The zero-order chi connectivity index (χ0) is 19.8. The number of carbonyl (C=O) groups excluding carboxylic acids is 2. The number of likely N-dealkylation sites (N-methyl/N-ethyl adjacent to an activating group) is 1. The highest BCUT2D eigenvalue weighted by Crippen LogP contribution is 2.16.